The molecule has 1 rings (SSSR count). The van der Waals surface area contributed by atoms with E-state index in [1.54, 1.807) is 7.11 Å². The fourth-order valence-electron chi connectivity index (χ4n) is 1.47. The Kier molecular flexibility index (Phi) is 4.80. The molecule has 0 amide bonds. The zero-order valence-electron chi connectivity index (χ0n) is 8.53. The van der Waals surface area contributed by atoms with Gasteiger partial charge in [0, 0.05) is 26.7 Å². The number of methoxy groups -OCH3 is 1. The van der Waals surface area contributed by atoms with Crippen LogP contribution in [0.2, 0.25) is 0 Å². The predicted octanol–water partition coefficient (Wildman–Crippen LogP) is -0.742. The Labute approximate surface area is 85.5 Å². The van der Waals surface area contributed by atoms with Gasteiger partial charge < -0.3 is 4.74 Å². The van der Waals surface area contributed by atoms with Crippen molar-refractivity contribution in [2.24, 2.45) is 0 Å². The van der Waals surface area contributed by atoms with E-state index in [1.165, 1.54) is 0 Å². The number of ether oxygens (including phenoxy) is 1. The van der Waals surface area contributed by atoms with Crippen molar-refractivity contribution < 1.29 is 13.2 Å². The summed E-state index contributed by atoms with van der Waals surface area (Å²) in [4.78, 5) is 2.21. The number of rotatable bonds is 3. The van der Waals surface area contributed by atoms with Gasteiger partial charge in [0.15, 0.2) is 0 Å². The maximum atomic E-state index is 11.2. The molecule has 6 heteroatoms. The Bertz CT molecular complexity index is 237. The van der Waals surface area contributed by atoms with Crippen LogP contribution in [0, 0.1) is 0 Å². The zero-order valence-corrected chi connectivity index (χ0v) is 9.35. The molecule has 0 unspecified atom stereocenters. The number of sulfonamides is 1. The second-order valence-corrected chi connectivity index (χ2v) is 5.33. The second-order valence-electron chi connectivity index (χ2n) is 3.40. The Balaban J connectivity index is 2.33. The number of hydrogen-bond acceptors (Lipinski definition) is 4. The summed E-state index contributed by atoms with van der Waals surface area (Å²) in [6, 6.07) is 0. The third-order valence-electron chi connectivity index (χ3n) is 2.25. The van der Waals surface area contributed by atoms with Crippen molar-refractivity contribution in [2.45, 2.75) is 6.42 Å². The highest BCUT2D eigenvalue weighted by atomic mass is 32.2. The van der Waals surface area contributed by atoms with Gasteiger partial charge in [-0.2, -0.15) is 0 Å². The minimum atomic E-state index is -2.99. The summed E-state index contributed by atoms with van der Waals surface area (Å²) >= 11 is 0. The summed E-state index contributed by atoms with van der Waals surface area (Å²) in [5.74, 6) is 0.233. The molecule has 1 aliphatic heterocycles. The Hall–Kier alpha value is -0.170. The molecule has 0 aromatic carbocycles. The van der Waals surface area contributed by atoms with Crippen LogP contribution in [0.4, 0.5) is 0 Å². The predicted molar refractivity (Wildman–Crippen MR) is 54.7 cm³/mol. The van der Waals surface area contributed by atoms with Crippen LogP contribution < -0.4 is 4.72 Å². The second kappa shape index (κ2) is 5.65. The molecule has 0 radical (unpaired) electrons. The van der Waals surface area contributed by atoms with Gasteiger partial charge in [-0.25, -0.2) is 13.1 Å². The summed E-state index contributed by atoms with van der Waals surface area (Å²) in [6.45, 7) is 3.68. The molecule has 0 aromatic rings. The first kappa shape index (κ1) is 11.9. The van der Waals surface area contributed by atoms with Gasteiger partial charge in [-0.15, -0.1) is 0 Å². The van der Waals surface area contributed by atoms with Crippen molar-refractivity contribution in [1.82, 2.24) is 9.62 Å². The molecule has 0 saturated carbocycles. The van der Waals surface area contributed by atoms with Gasteiger partial charge in [0.1, 0.15) is 0 Å². The van der Waals surface area contributed by atoms with Crippen LogP contribution in [0.3, 0.4) is 0 Å². The maximum Gasteiger partial charge on any atom is 0.211 e. The summed E-state index contributed by atoms with van der Waals surface area (Å²) < 4.78 is 29.9. The van der Waals surface area contributed by atoms with Gasteiger partial charge in [-0.3, -0.25) is 4.90 Å². The van der Waals surface area contributed by atoms with Crippen molar-refractivity contribution in [3.8, 4) is 0 Å². The summed E-state index contributed by atoms with van der Waals surface area (Å²) in [5, 5.41) is 0. The van der Waals surface area contributed by atoms with E-state index in [1.807, 2.05) is 0 Å². The third-order valence-corrected chi connectivity index (χ3v) is 3.72. The van der Waals surface area contributed by atoms with Crippen molar-refractivity contribution in [2.75, 3.05) is 45.6 Å². The summed E-state index contributed by atoms with van der Waals surface area (Å²) in [5.41, 5.74) is 0. The molecule has 1 aliphatic rings. The SMILES string of the molecule is COCCN1CCCS(=O)(=O)NCC1. The Morgan fingerprint density at radius 2 is 2.21 bits per heavy atom. The molecule has 84 valence electrons. The molecule has 0 aliphatic carbocycles. The van der Waals surface area contributed by atoms with Crippen LogP contribution in [0.5, 0.6) is 0 Å². The first-order valence-corrected chi connectivity index (χ1v) is 6.48. The van der Waals surface area contributed by atoms with E-state index in [2.05, 4.69) is 9.62 Å². The van der Waals surface area contributed by atoms with Gasteiger partial charge in [0.2, 0.25) is 10.0 Å². The monoisotopic (exact) mass is 222 g/mol. The molecule has 1 N–H and O–H groups in total. The van der Waals surface area contributed by atoms with E-state index in [0.29, 0.717) is 19.6 Å². The topological polar surface area (TPSA) is 58.6 Å². The first-order chi connectivity index (χ1) is 6.64. The van der Waals surface area contributed by atoms with E-state index in [-0.39, 0.29) is 5.75 Å². The van der Waals surface area contributed by atoms with E-state index < -0.39 is 10.0 Å². The molecule has 1 heterocycles. The van der Waals surface area contributed by atoms with Crippen molar-refractivity contribution in [3.05, 3.63) is 0 Å². The van der Waals surface area contributed by atoms with Crippen LogP contribution in [0.15, 0.2) is 0 Å². The van der Waals surface area contributed by atoms with E-state index >= 15 is 0 Å². The Morgan fingerprint density at radius 3 is 2.93 bits per heavy atom. The number of hydrogen-bond donors (Lipinski definition) is 1. The van der Waals surface area contributed by atoms with Gasteiger partial charge in [0.25, 0.3) is 0 Å². The largest absolute Gasteiger partial charge is 0.383 e. The lowest BCUT2D eigenvalue weighted by Gasteiger charge is -2.24. The highest BCUT2D eigenvalue weighted by molar-refractivity contribution is 7.89. The smallest absolute Gasteiger partial charge is 0.211 e. The average molecular weight is 222 g/mol. The van der Waals surface area contributed by atoms with E-state index in [9.17, 15) is 8.42 Å². The lowest BCUT2D eigenvalue weighted by atomic mass is 10.4. The molecule has 1 saturated heterocycles. The highest BCUT2D eigenvalue weighted by Gasteiger charge is 2.15. The summed E-state index contributed by atoms with van der Waals surface area (Å²) in [6.07, 6.45) is 0.693. The minimum Gasteiger partial charge on any atom is -0.383 e. The minimum absolute atomic E-state index is 0.233. The van der Waals surface area contributed by atoms with Crippen LogP contribution in [0.25, 0.3) is 0 Å². The fraction of sp³-hybridized carbons (Fsp3) is 1.00. The molecular weight excluding hydrogens is 204 g/mol. The van der Waals surface area contributed by atoms with Gasteiger partial charge in [-0.05, 0) is 13.0 Å². The molecule has 0 spiro atoms. The van der Waals surface area contributed by atoms with Crippen LogP contribution in [-0.4, -0.2) is 59.0 Å². The number of nitrogens with one attached hydrogen (secondary N) is 1. The maximum absolute atomic E-state index is 11.2. The third kappa shape index (κ3) is 4.36. The van der Waals surface area contributed by atoms with E-state index in [4.69, 9.17) is 4.74 Å². The fourth-order valence-corrected chi connectivity index (χ4v) is 2.52. The van der Waals surface area contributed by atoms with Crippen LogP contribution >= 0.6 is 0 Å². The quantitative estimate of drug-likeness (QED) is 0.683. The van der Waals surface area contributed by atoms with Crippen LogP contribution in [-0.2, 0) is 14.8 Å². The Morgan fingerprint density at radius 1 is 1.43 bits per heavy atom. The van der Waals surface area contributed by atoms with Crippen molar-refractivity contribution in [1.29, 1.82) is 0 Å². The van der Waals surface area contributed by atoms with Crippen LogP contribution in [0.1, 0.15) is 6.42 Å². The first-order valence-electron chi connectivity index (χ1n) is 4.83. The average Bonchev–Trinajstić information content (AvgIpc) is 2.10. The molecule has 0 aromatic heterocycles. The van der Waals surface area contributed by atoms with E-state index in [0.717, 1.165) is 19.6 Å². The van der Waals surface area contributed by atoms with Gasteiger partial charge in [0.05, 0.1) is 12.4 Å². The van der Waals surface area contributed by atoms with Gasteiger partial charge in [-0.1, -0.05) is 0 Å². The standard InChI is InChI=1S/C8H18N2O3S/c1-13-7-6-10-4-2-8-14(11,12)9-3-5-10/h9H,2-8H2,1H3. The van der Waals surface area contributed by atoms with Crippen molar-refractivity contribution >= 4 is 10.0 Å². The lowest BCUT2D eigenvalue weighted by Crippen LogP contribution is -2.41. The molecule has 14 heavy (non-hydrogen) atoms. The molecule has 0 atom stereocenters. The molecule has 1 fully saturated rings. The molecule has 5 nitrogen and oxygen atoms in total. The van der Waals surface area contributed by atoms with Gasteiger partial charge >= 0.3 is 0 Å². The van der Waals surface area contributed by atoms with Crippen molar-refractivity contribution in [3.63, 3.8) is 0 Å². The molecular formula is C8H18N2O3S. The normalized spacial score (nSPS) is 24.1. The highest BCUT2D eigenvalue weighted by Crippen LogP contribution is 1.98. The molecule has 0 bridgehead atoms. The lowest BCUT2D eigenvalue weighted by molar-refractivity contribution is 0.148. The zero-order chi connectivity index (χ0) is 10.4. The number of nitrogens with zero attached hydrogens (tertiary/aromatic N) is 1. The summed E-state index contributed by atoms with van der Waals surface area (Å²) in [7, 11) is -1.32.